The topological polar surface area (TPSA) is 55.4 Å². The number of benzene rings is 2. The van der Waals surface area contributed by atoms with Crippen LogP contribution in [-0.2, 0) is 9.53 Å². The zero-order valence-corrected chi connectivity index (χ0v) is 13.8. The zero-order valence-electron chi connectivity index (χ0n) is 13.0. The molecule has 2 aromatic carbocycles. The van der Waals surface area contributed by atoms with E-state index >= 15 is 0 Å². The van der Waals surface area contributed by atoms with Crippen molar-refractivity contribution in [2.24, 2.45) is 0 Å². The molecule has 120 valence electrons. The van der Waals surface area contributed by atoms with E-state index in [0.29, 0.717) is 10.6 Å². The number of amides is 1. The summed E-state index contributed by atoms with van der Waals surface area (Å²) in [5.41, 5.74) is 2.51. The Morgan fingerprint density at radius 1 is 1.09 bits per heavy atom. The van der Waals surface area contributed by atoms with Crippen molar-refractivity contribution >= 4 is 23.5 Å². The number of hydrogen-bond donors (Lipinski definition) is 1. The summed E-state index contributed by atoms with van der Waals surface area (Å²) in [5.74, 6) is -0.903. The lowest BCUT2D eigenvalue weighted by atomic mass is 10.1. The van der Waals surface area contributed by atoms with Crippen molar-refractivity contribution in [3.8, 4) is 0 Å². The van der Waals surface area contributed by atoms with Crippen LogP contribution in [0.2, 0.25) is 5.02 Å². The molecule has 0 bridgehead atoms. The van der Waals surface area contributed by atoms with E-state index in [4.69, 9.17) is 16.3 Å². The highest BCUT2D eigenvalue weighted by molar-refractivity contribution is 6.30. The summed E-state index contributed by atoms with van der Waals surface area (Å²) in [4.78, 5) is 23.7. The zero-order chi connectivity index (χ0) is 16.8. The summed E-state index contributed by atoms with van der Waals surface area (Å²) in [5, 5.41) is 3.33. The molecule has 1 atom stereocenters. The van der Waals surface area contributed by atoms with Crippen LogP contribution in [0.25, 0.3) is 0 Å². The third kappa shape index (κ3) is 5.11. The van der Waals surface area contributed by atoms with Crippen molar-refractivity contribution in [3.05, 3.63) is 70.2 Å². The predicted octanol–water partition coefficient (Wildman–Crippen LogP) is 3.68. The summed E-state index contributed by atoms with van der Waals surface area (Å²) in [6.07, 6.45) is 0. The highest BCUT2D eigenvalue weighted by Gasteiger charge is 2.13. The molecule has 0 aliphatic heterocycles. The Kier molecular flexibility index (Phi) is 5.77. The van der Waals surface area contributed by atoms with Crippen LogP contribution in [0, 0.1) is 6.92 Å². The summed E-state index contributed by atoms with van der Waals surface area (Å²) in [7, 11) is 0. The molecule has 0 spiro atoms. The minimum atomic E-state index is -0.556. The summed E-state index contributed by atoms with van der Waals surface area (Å²) in [6, 6.07) is 14.0. The normalized spacial score (nSPS) is 11.6. The highest BCUT2D eigenvalue weighted by atomic mass is 35.5. The van der Waals surface area contributed by atoms with Crippen LogP contribution in [0.1, 0.15) is 34.5 Å². The maximum absolute atomic E-state index is 11.9. The minimum Gasteiger partial charge on any atom is -0.452 e. The lowest BCUT2D eigenvalue weighted by molar-refractivity contribution is -0.124. The van der Waals surface area contributed by atoms with E-state index in [-0.39, 0.29) is 18.6 Å². The molecule has 2 aromatic rings. The molecule has 0 unspecified atom stereocenters. The van der Waals surface area contributed by atoms with Gasteiger partial charge in [0, 0.05) is 5.02 Å². The number of nitrogens with one attached hydrogen (secondary N) is 1. The monoisotopic (exact) mass is 331 g/mol. The van der Waals surface area contributed by atoms with Gasteiger partial charge in [-0.3, -0.25) is 4.79 Å². The predicted molar refractivity (Wildman–Crippen MR) is 89.5 cm³/mol. The molecule has 1 amide bonds. The number of carbonyl (C=O) groups is 2. The van der Waals surface area contributed by atoms with E-state index in [2.05, 4.69) is 5.32 Å². The Hall–Kier alpha value is -2.33. The maximum Gasteiger partial charge on any atom is 0.338 e. The number of rotatable bonds is 5. The molecule has 1 N–H and O–H groups in total. The number of ether oxygens (including phenoxy) is 1. The van der Waals surface area contributed by atoms with Crippen molar-refractivity contribution in [2.45, 2.75) is 19.9 Å². The fraction of sp³-hybridized carbons (Fsp3) is 0.222. The van der Waals surface area contributed by atoms with Gasteiger partial charge in [0.15, 0.2) is 6.61 Å². The van der Waals surface area contributed by atoms with E-state index in [1.54, 1.807) is 24.3 Å². The number of hydrogen-bond acceptors (Lipinski definition) is 3. The standard InChI is InChI=1S/C18H18ClNO3/c1-12-3-5-14(6-4-12)13(2)20-17(21)11-23-18(22)15-7-9-16(19)10-8-15/h3-10,13H,11H2,1-2H3,(H,20,21)/t13-/m0/s1. The fourth-order valence-electron chi connectivity index (χ4n) is 2.02. The second-order valence-corrected chi connectivity index (χ2v) is 5.72. The Balaban J connectivity index is 1.83. The molecule has 0 aliphatic carbocycles. The molecular weight excluding hydrogens is 314 g/mol. The highest BCUT2D eigenvalue weighted by Crippen LogP contribution is 2.13. The van der Waals surface area contributed by atoms with Gasteiger partial charge in [0.2, 0.25) is 0 Å². The van der Waals surface area contributed by atoms with Crippen molar-refractivity contribution in [1.29, 1.82) is 0 Å². The van der Waals surface area contributed by atoms with Crippen molar-refractivity contribution in [1.82, 2.24) is 5.32 Å². The molecule has 0 radical (unpaired) electrons. The van der Waals surface area contributed by atoms with Gasteiger partial charge in [-0.15, -0.1) is 0 Å². The third-order valence-corrected chi connectivity index (χ3v) is 3.62. The van der Waals surface area contributed by atoms with Gasteiger partial charge in [-0.1, -0.05) is 41.4 Å². The van der Waals surface area contributed by atoms with Crippen molar-refractivity contribution < 1.29 is 14.3 Å². The van der Waals surface area contributed by atoms with Gasteiger partial charge in [0.25, 0.3) is 5.91 Å². The Morgan fingerprint density at radius 2 is 1.70 bits per heavy atom. The lowest BCUT2D eigenvalue weighted by Gasteiger charge is -2.14. The van der Waals surface area contributed by atoms with Gasteiger partial charge in [-0.05, 0) is 43.7 Å². The van der Waals surface area contributed by atoms with Gasteiger partial charge in [0.1, 0.15) is 0 Å². The van der Waals surface area contributed by atoms with Crippen LogP contribution >= 0.6 is 11.6 Å². The second kappa shape index (κ2) is 7.79. The largest absolute Gasteiger partial charge is 0.452 e. The Morgan fingerprint density at radius 3 is 2.30 bits per heavy atom. The van der Waals surface area contributed by atoms with E-state index in [9.17, 15) is 9.59 Å². The third-order valence-electron chi connectivity index (χ3n) is 3.37. The first-order valence-corrected chi connectivity index (χ1v) is 7.62. The quantitative estimate of drug-likeness (QED) is 0.850. The fourth-order valence-corrected chi connectivity index (χ4v) is 2.15. The summed E-state index contributed by atoms with van der Waals surface area (Å²) < 4.78 is 4.99. The van der Waals surface area contributed by atoms with E-state index in [1.165, 1.54) is 0 Å². The smallest absolute Gasteiger partial charge is 0.338 e. The van der Waals surface area contributed by atoms with Gasteiger partial charge < -0.3 is 10.1 Å². The molecule has 5 heteroatoms. The molecule has 0 aromatic heterocycles. The molecule has 0 saturated carbocycles. The molecule has 23 heavy (non-hydrogen) atoms. The molecule has 2 rings (SSSR count). The van der Waals surface area contributed by atoms with E-state index in [0.717, 1.165) is 11.1 Å². The number of carbonyl (C=O) groups excluding carboxylic acids is 2. The minimum absolute atomic E-state index is 0.155. The summed E-state index contributed by atoms with van der Waals surface area (Å²) >= 11 is 5.75. The molecule has 0 heterocycles. The van der Waals surface area contributed by atoms with Gasteiger partial charge >= 0.3 is 5.97 Å². The van der Waals surface area contributed by atoms with Gasteiger partial charge in [0.05, 0.1) is 11.6 Å². The Labute approximate surface area is 140 Å². The van der Waals surface area contributed by atoms with E-state index in [1.807, 2.05) is 38.1 Å². The summed E-state index contributed by atoms with van der Waals surface area (Å²) in [6.45, 7) is 3.56. The molecule has 4 nitrogen and oxygen atoms in total. The Bertz CT molecular complexity index is 680. The number of aryl methyl sites for hydroxylation is 1. The van der Waals surface area contributed by atoms with Crippen LogP contribution < -0.4 is 5.32 Å². The average Bonchev–Trinajstić information content (AvgIpc) is 2.54. The first-order chi connectivity index (χ1) is 11.0. The van der Waals surface area contributed by atoms with Gasteiger partial charge in [-0.25, -0.2) is 4.79 Å². The molecule has 0 aliphatic rings. The van der Waals surface area contributed by atoms with Crippen LogP contribution in [0.15, 0.2) is 48.5 Å². The first kappa shape index (κ1) is 17.0. The number of esters is 1. The molecule has 0 saturated heterocycles. The first-order valence-electron chi connectivity index (χ1n) is 7.24. The van der Waals surface area contributed by atoms with Crippen LogP contribution in [0.4, 0.5) is 0 Å². The number of halogens is 1. The average molecular weight is 332 g/mol. The van der Waals surface area contributed by atoms with Gasteiger partial charge in [-0.2, -0.15) is 0 Å². The van der Waals surface area contributed by atoms with Crippen molar-refractivity contribution in [2.75, 3.05) is 6.61 Å². The second-order valence-electron chi connectivity index (χ2n) is 5.28. The lowest BCUT2D eigenvalue weighted by Crippen LogP contribution is -2.31. The molecule has 0 fully saturated rings. The SMILES string of the molecule is Cc1ccc([C@H](C)NC(=O)COC(=O)c2ccc(Cl)cc2)cc1. The van der Waals surface area contributed by atoms with E-state index < -0.39 is 5.97 Å². The van der Waals surface area contributed by atoms with Crippen LogP contribution in [0.5, 0.6) is 0 Å². The molecular formula is C18H18ClNO3. The van der Waals surface area contributed by atoms with Crippen molar-refractivity contribution in [3.63, 3.8) is 0 Å². The van der Waals surface area contributed by atoms with Crippen LogP contribution in [0.3, 0.4) is 0 Å². The van der Waals surface area contributed by atoms with Crippen LogP contribution in [-0.4, -0.2) is 18.5 Å². The maximum atomic E-state index is 11.9.